The highest BCUT2D eigenvalue weighted by molar-refractivity contribution is 14.0. The lowest BCUT2D eigenvalue weighted by Crippen LogP contribution is -2.41. The molecule has 2 rings (SSSR count). The van der Waals surface area contributed by atoms with Gasteiger partial charge in [0.1, 0.15) is 5.75 Å². The minimum absolute atomic E-state index is 0. The van der Waals surface area contributed by atoms with Crippen molar-refractivity contribution in [3.8, 4) is 5.75 Å². The van der Waals surface area contributed by atoms with E-state index >= 15 is 0 Å². The Kier molecular flexibility index (Phi) is 9.11. The summed E-state index contributed by atoms with van der Waals surface area (Å²) >= 11 is 3.31. The molecule has 23 heavy (non-hydrogen) atoms. The van der Waals surface area contributed by atoms with Gasteiger partial charge in [0, 0.05) is 16.1 Å². The van der Waals surface area contributed by atoms with E-state index in [9.17, 15) is 8.78 Å². The molecule has 130 valence electrons. The van der Waals surface area contributed by atoms with Crippen molar-refractivity contribution >= 4 is 45.9 Å². The van der Waals surface area contributed by atoms with E-state index < -0.39 is 6.61 Å². The van der Waals surface area contributed by atoms with Crippen LogP contribution in [0.2, 0.25) is 0 Å². The Labute approximate surface area is 160 Å². The van der Waals surface area contributed by atoms with Crippen LogP contribution >= 0.6 is 39.9 Å². The van der Waals surface area contributed by atoms with Crippen LogP contribution in [0.25, 0.3) is 0 Å². The molecule has 4 nitrogen and oxygen atoms in total. The Balaban J connectivity index is 0.00000264. The molecule has 1 aliphatic rings. The quantitative estimate of drug-likeness (QED) is 0.355. The summed E-state index contributed by atoms with van der Waals surface area (Å²) < 4.78 is 30.1. The third kappa shape index (κ3) is 7.19. The average molecular weight is 504 g/mol. The summed E-state index contributed by atoms with van der Waals surface area (Å²) in [6.45, 7) is -2.67. The van der Waals surface area contributed by atoms with Crippen LogP contribution in [0.5, 0.6) is 5.75 Å². The van der Waals surface area contributed by atoms with Crippen molar-refractivity contribution in [1.82, 2.24) is 5.32 Å². The number of hydrogen-bond donors (Lipinski definition) is 2. The summed E-state index contributed by atoms with van der Waals surface area (Å²) in [6.07, 6.45) is 5.84. The number of hydrogen-bond acceptors (Lipinski definition) is 2. The number of nitrogens with zero attached hydrogens (tertiary/aromatic N) is 1. The number of ether oxygens (including phenoxy) is 1. The molecule has 0 spiro atoms. The predicted octanol–water partition coefficient (Wildman–Crippen LogP) is 4.41. The van der Waals surface area contributed by atoms with Gasteiger partial charge in [0.2, 0.25) is 0 Å². The van der Waals surface area contributed by atoms with Crippen LogP contribution in [0.1, 0.15) is 37.7 Å². The summed E-state index contributed by atoms with van der Waals surface area (Å²) in [5, 5.41) is 3.19. The zero-order chi connectivity index (χ0) is 15.9. The number of rotatable bonds is 5. The van der Waals surface area contributed by atoms with Gasteiger partial charge in [0.15, 0.2) is 5.96 Å². The van der Waals surface area contributed by atoms with Gasteiger partial charge < -0.3 is 15.8 Å². The van der Waals surface area contributed by atoms with Crippen LogP contribution in [0.3, 0.4) is 0 Å². The standard InChI is InChI=1S/C15H20BrF2N3O.HI/c16-11-6-7-13(22-14(17)18)10(8-11)9-20-15(19)21-12-4-2-1-3-5-12;/h6-8,12,14H,1-5,9H2,(H3,19,20,21);1H. The minimum Gasteiger partial charge on any atom is -0.434 e. The number of halogens is 4. The van der Waals surface area contributed by atoms with E-state index in [-0.39, 0.29) is 36.3 Å². The van der Waals surface area contributed by atoms with E-state index in [2.05, 4.69) is 31.0 Å². The topological polar surface area (TPSA) is 59.6 Å². The molecule has 1 aromatic rings. The molecule has 1 aromatic carbocycles. The normalized spacial score (nSPS) is 16.1. The second kappa shape index (κ2) is 10.3. The highest BCUT2D eigenvalue weighted by atomic mass is 127. The van der Waals surface area contributed by atoms with Crippen LogP contribution < -0.4 is 15.8 Å². The second-order valence-electron chi connectivity index (χ2n) is 5.31. The van der Waals surface area contributed by atoms with Gasteiger partial charge in [-0.1, -0.05) is 35.2 Å². The molecule has 0 aromatic heterocycles. The van der Waals surface area contributed by atoms with Gasteiger partial charge in [0.05, 0.1) is 6.54 Å². The number of nitrogens with one attached hydrogen (secondary N) is 1. The molecule has 0 atom stereocenters. The van der Waals surface area contributed by atoms with E-state index in [1.54, 1.807) is 12.1 Å². The molecule has 0 aliphatic heterocycles. The predicted molar refractivity (Wildman–Crippen MR) is 102 cm³/mol. The van der Waals surface area contributed by atoms with E-state index in [1.807, 2.05) is 0 Å². The lowest BCUT2D eigenvalue weighted by atomic mass is 9.96. The fraction of sp³-hybridized carbons (Fsp3) is 0.533. The van der Waals surface area contributed by atoms with Crippen LogP contribution in [0.15, 0.2) is 27.7 Å². The van der Waals surface area contributed by atoms with Gasteiger partial charge in [-0.05, 0) is 31.0 Å². The van der Waals surface area contributed by atoms with Crippen LogP contribution in [0, 0.1) is 0 Å². The summed E-state index contributed by atoms with van der Waals surface area (Å²) in [7, 11) is 0. The van der Waals surface area contributed by atoms with E-state index in [1.165, 1.54) is 25.3 Å². The maximum absolute atomic E-state index is 12.4. The Bertz CT molecular complexity index is 525. The smallest absolute Gasteiger partial charge is 0.387 e. The van der Waals surface area contributed by atoms with Crippen LogP contribution in [-0.4, -0.2) is 18.6 Å². The highest BCUT2D eigenvalue weighted by Crippen LogP contribution is 2.25. The summed E-state index contributed by atoms with van der Waals surface area (Å²) in [5.74, 6) is 0.460. The first-order valence-electron chi connectivity index (χ1n) is 7.34. The molecule has 8 heteroatoms. The Hall–Kier alpha value is -0.640. The Morgan fingerprint density at radius 2 is 2.04 bits per heavy atom. The molecule has 0 heterocycles. The lowest BCUT2D eigenvalue weighted by Gasteiger charge is -2.23. The molecule has 1 saturated carbocycles. The molecule has 0 unspecified atom stereocenters. The summed E-state index contributed by atoms with van der Waals surface area (Å²) in [5.41, 5.74) is 6.44. The third-order valence-electron chi connectivity index (χ3n) is 3.62. The van der Waals surface area contributed by atoms with Crippen molar-refractivity contribution in [2.75, 3.05) is 0 Å². The zero-order valence-electron chi connectivity index (χ0n) is 12.6. The van der Waals surface area contributed by atoms with Crippen molar-refractivity contribution in [3.63, 3.8) is 0 Å². The largest absolute Gasteiger partial charge is 0.434 e. The van der Waals surface area contributed by atoms with Crippen molar-refractivity contribution in [1.29, 1.82) is 0 Å². The summed E-state index contributed by atoms with van der Waals surface area (Å²) in [4.78, 5) is 4.24. The molecule has 0 bridgehead atoms. The highest BCUT2D eigenvalue weighted by Gasteiger charge is 2.14. The van der Waals surface area contributed by atoms with Crippen LogP contribution in [0.4, 0.5) is 8.78 Å². The molecule has 0 amide bonds. The Morgan fingerprint density at radius 3 is 2.70 bits per heavy atom. The first-order valence-corrected chi connectivity index (χ1v) is 8.13. The maximum atomic E-state index is 12.4. The van der Waals surface area contributed by atoms with Crippen molar-refractivity contribution in [2.45, 2.75) is 51.3 Å². The molecule has 0 saturated heterocycles. The monoisotopic (exact) mass is 503 g/mol. The van der Waals surface area contributed by atoms with Gasteiger partial charge in [-0.15, -0.1) is 24.0 Å². The van der Waals surface area contributed by atoms with Gasteiger partial charge in [-0.25, -0.2) is 4.99 Å². The molecule has 1 fully saturated rings. The van der Waals surface area contributed by atoms with Crippen molar-refractivity contribution in [2.24, 2.45) is 10.7 Å². The lowest BCUT2D eigenvalue weighted by molar-refractivity contribution is -0.0504. The van der Waals surface area contributed by atoms with E-state index in [4.69, 9.17) is 5.73 Å². The molecule has 3 N–H and O–H groups in total. The minimum atomic E-state index is -2.86. The number of aliphatic imine (C=N–C) groups is 1. The number of alkyl halides is 2. The summed E-state index contributed by atoms with van der Waals surface area (Å²) in [6, 6.07) is 5.20. The molecular formula is C15H21BrF2IN3O. The van der Waals surface area contributed by atoms with Crippen molar-refractivity contribution < 1.29 is 13.5 Å². The van der Waals surface area contributed by atoms with E-state index in [0.29, 0.717) is 17.6 Å². The third-order valence-corrected chi connectivity index (χ3v) is 4.11. The van der Waals surface area contributed by atoms with Crippen molar-refractivity contribution in [3.05, 3.63) is 28.2 Å². The zero-order valence-corrected chi connectivity index (χ0v) is 16.5. The van der Waals surface area contributed by atoms with Gasteiger partial charge in [0.25, 0.3) is 0 Å². The average Bonchev–Trinajstić information content (AvgIpc) is 2.48. The Morgan fingerprint density at radius 1 is 1.35 bits per heavy atom. The first-order chi connectivity index (χ1) is 10.5. The van der Waals surface area contributed by atoms with E-state index in [0.717, 1.165) is 17.3 Å². The molecule has 0 radical (unpaired) electrons. The maximum Gasteiger partial charge on any atom is 0.387 e. The fourth-order valence-electron chi connectivity index (χ4n) is 2.55. The second-order valence-corrected chi connectivity index (χ2v) is 6.23. The molecular weight excluding hydrogens is 483 g/mol. The number of guanidine groups is 1. The van der Waals surface area contributed by atoms with Gasteiger partial charge in [-0.3, -0.25) is 0 Å². The van der Waals surface area contributed by atoms with Gasteiger partial charge >= 0.3 is 6.61 Å². The molecule has 1 aliphatic carbocycles. The van der Waals surface area contributed by atoms with Gasteiger partial charge in [-0.2, -0.15) is 8.78 Å². The number of nitrogens with two attached hydrogens (primary N) is 1. The fourth-order valence-corrected chi connectivity index (χ4v) is 2.96. The number of benzene rings is 1. The van der Waals surface area contributed by atoms with Crippen LogP contribution in [-0.2, 0) is 6.54 Å². The first kappa shape index (κ1) is 20.4. The SMILES string of the molecule is I.NC(=NCc1cc(Br)ccc1OC(F)F)NC1CCCCC1.